The van der Waals surface area contributed by atoms with Crippen molar-refractivity contribution in [1.29, 1.82) is 0 Å². The highest BCUT2D eigenvalue weighted by Gasteiger charge is 2.15. The van der Waals surface area contributed by atoms with Crippen LogP contribution in [0.1, 0.15) is 22.6 Å². The molecular weight excluding hydrogens is 359 g/mol. The molecule has 1 aromatic carbocycles. The number of aryl methyl sites for hydroxylation is 2. The van der Waals surface area contributed by atoms with Crippen molar-refractivity contribution in [3.63, 3.8) is 0 Å². The number of methoxy groups -OCH3 is 1. The van der Waals surface area contributed by atoms with Crippen LogP contribution in [0.5, 0.6) is 5.75 Å². The van der Waals surface area contributed by atoms with E-state index in [1.807, 2.05) is 37.7 Å². The maximum atomic E-state index is 6.15. The molecule has 0 aliphatic carbocycles. The Morgan fingerprint density at radius 3 is 2.56 bits per heavy atom. The first-order valence-electron chi connectivity index (χ1n) is 7.76. The van der Waals surface area contributed by atoms with E-state index >= 15 is 0 Å². The van der Waals surface area contributed by atoms with Gasteiger partial charge in [-0.15, -0.1) is 0 Å². The Balaban J connectivity index is 2.04. The van der Waals surface area contributed by atoms with Crippen molar-refractivity contribution in [2.24, 2.45) is 0 Å². The molecule has 25 heavy (non-hydrogen) atoms. The largest absolute Gasteiger partial charge is 0.496 e. The number of nitrogens with zero attached hydrogens (tertiary/aromatic N) is 4. The van der Waals surface area contributed by atoms with Gasteiger partial charge in [0, 0.05) is 22.9 Å². The van der Waals surface area contributed by atoms with Crippen LogP contribution in [0, 0.1) is 20.8 Å². The van der Waals surface area contributed by atoms with Gasteiger partial charge in [-0.25, -0.2) is 9.67 Å². The normalized spacial score (nSPS) is 11.0. The van der Waals surface area contributed by atoms with Crippen molar-refractivity contribution in [2.75, 3.05) is 7.11 Å². The first kappa shape index (κ1) is 17.7. The zero-order valence-corrected chi connectivity index (χ0v) is 16.0. The van der Waals surface area contributed by atoms with Gasteiger partial charge in [0.05, 0.1) is 29.4 Å². The molecule has 0 bridgehead atoms. The lowest BCUT2D eigenvalue weighted by Gasteiger charge is -2.13. The van der Waals surface area contributed by atoms with Crippen LogP contribution in [0.3, 0.4) is 0 Å². The molecular formula is C18H18Cl2N4O. The van der Waals surface area contributed by atoms with Gasteiger partial charge in [0.1, 0.15) is 11.6 Å². The van der Waals surface area contributed by atoms with Crippen LogP contribution >= 0.6 is 23.2 Å². The molecule has 0 amide bonds. The fourth-order valence-electron chi connectivity index (χ4n) is 2.79. The summed E-state index contributed by atoms with van der Waals surface area (Å²) in [6, 6.07) is 5.43. The van der Waals surface area contributed by atoms with E-state index in [4.69, 9.17) is 27.9 Å². The maximum absolute atomic E-state index is 6.15. The molecule has 0 saturated carbocycles. The minimum atomic E-state index is 0.484. The summed E-state index contributed by atoms with van der Waals surface area (Å²) in [5.41, 5.74) is 3.74. The average molecular weight is 377 g/mol. The van der Waals surface area contributed by atoms with Crippen molar-refractivity contribution in [3.05, 3.63) is 57.1 Å². The first-order chi connectivity index (χ1) is 11.9. The molecule has 3 rings (SSSR count). The molecule has 0 unspecified atom stereocenters. The number of benzene rings is 1. The van der Waals surface area contributed by atoms with Crippen LogP contribution < -0.4 is 4.74 Å². The van der Waals surface area contributed by atoms with E-state index < -0.39 is 0 Å². The molecule has 130 valence electrons. The molecule has 5 nitrogen and oxygen atoms in total. The SMILES string of the molecule is COc1c(C)cnc(Cn2nc(C)nc2-c2ccc(Cl)c(Cl)c2)c1C. The number of hydrogen-bond acceptors (Lipinski definition) is 4. The molecule has 2 aromatic heterocycles. The summed E-state index contributed by atoms with van der Waals surface area (Å²) in [5.74, 6) is 2.24. The van der Waals surface area contributed by atoms with Gasteiger partial charge in [-0.1, -0.05) is 23.2 Å². The fourth-order valence-corrected chi connectivity index (χ4v) is 3.08. The van der Waals surface area contributed by atoms with E-state index in [1.54, 1.807) is 19.2 Å². The number of halogens is 2. The van der Waals surface area contributed by atoms with Crippen molar-refractivity contribution < 1.29 is 4.74 Å². The van der Waals surface area contributed by atoms with Gasteiger partial charge >= 0.3 is 0 Å². The monoisotopic (exact) mass is 376 g/mol. The fraction of sp³-hybridized carbons (Fsp3) is 0.278. The van der Waals surface area contributed by atoms with Gasteiger partial charge < -0.3 is 4.74 Å². The summed E-state index contributed by atoms with van der Waals surface area (Å²) < 4.78 is 7.30. The minimum absolute atomic E-state index is 0.484. The summed E-state index contributed by atoms with van der Waals surface area (Å²) in [4.78, 5) is 9.07. The Morgan fingerprint density at radius 1 is 1.12 bits per heavy atom. The highest BCUT2D eigenvalue weighted by atomic mass is 35.5. The second kappa shape index (κ2) is 7.02. The maximum Gasteiger partial charge on any atom is 0.158 e. The lowest BCUT2D eigenvalue weighted by molar-refractivity contribution is 0.406. The zero-order valence-electron chi connectivity index (χ0n) is 14.5. The van der Waals surface area contributed by atoms with Crippen LogP contribution in [0.4, 0.5) is 0 Å². The highest BCUT2D eigenvalue weighted by Crippen LogP contribution is 2.29. The molecule has 2 heterocycles. The van der Waals surface area contributed by atoms with Crippen molar-refractivity contribution in [1.82, 2.24) is 19.7 Å². The van der Waals surface area contributed by atoms with Crippen LogP contribution in [0.25, 0.3) is 11.4 Å². The molecule has 0 spiro atoms. The van der Waals surface area contributed by atoms with Crippen LogP contribution in [-0.4, -0.2) is 26.9 Å². The van der Waals surface area contributed by atoms with Crippen molar-refractivity contribution >= 4 is 23.2 Å². The first-order valence-corrected chi connectivity index (χ1v) is 8.52. The standard InChI is InChI=1S/C18H18Cl2N4O/c1-10-8-21-16(11(2)17(10)25-4)9-24-18(22-12(3)23-24)13-5-6-14(19)15(20)7-13/h5-8H,9H2,1-4H3. The predicted octanol–water partition coefficient (Wildman–Crippen LogP) is 4.63. The van der Waals surface area contributed by atoms with E-state index in [0.29, 0.717) is 22.4 Å². The van der Waals surface area contributed by atoms with Crippen molar-refractivity contribution in [3.8, 4) is 17.1 Å². The smallest absolute Gasteiger partial charge is 0.158 e. The second-order valence-corrected chi connectivity index (χ2v) is 6.63. The Labute approximate surface area is 156 Å². The van der Waals surface area contributed by atoms with Gasteiger partial charge in [-0.3, -0.25) is 4.98 Å². The topological polar surface area (TPSA) is 52.8 Å². The van der Waals surface area contributed by atoms with E-state index in [9.17, 15) is 0 Å². The quantitative estimate of drug-likeness (QED) is 0.665. The molecule has 7 heteroatoms. The molecule has 0 fully saturated rings. The van der Waals surface area contributed by atoms with E-state index in [2.05, 4.69) is 15.1 Å². The Morgan fingerprint density at radius 2 is 1.88 bits per heavy atom. The van der Waals surface area contributed by atoms with Gasteiger partial charge in [0.25, 0.3) is 0 Å². The summed E-state index contributed by atoms with van der Waals surface area (Å²) in [6.45, 7) is 6.31. The number of rotatable bonds is 4. The molecule has 0 aliphatic heterocycles. The van der Waals surface area contributed by atoms with Gasteiger partial charge in [-0.2, -0.15) is 5.10 Å². The molecule has 3 aromatic rings. The van der Waals surface area contributed by atoms with Crippen LogP contribution in [0.15, 0.2) is 24.4 Å². The van der Waals surface area contributed by atoms with E-state index in [-0.39, 0.29) is 0 Å². The third-order valence-corrected chi connectivity index (χ3v) is 4.74. The van der Waals surface area contributed by atoms with E-state index in [0.717, 1.165) is 34.0 Å². The van der Waals surface area contributed by atoms with Crippen LogP contribution in [0.2, 0.25) is 10.0 Å². The minimum Gasteiger partial charge on any atom is -0.496 e. The van der Waals surface area contributed by atoms with Gasteiger partial charge in [0.2, 0.25) is 0 Å². The molecule has 0 saturated heterocycles. The summed E-state index contributed by atoms with van der Waals surface area (Å²) in [6.07, 6.45) is 1.81. The molecule has 0 N–H and O–H groups in total. The Bertz CT molecular complexity index is 937. The second-order valence-electron chi connectivity index (χ2n) is 5.82. The molecule has 0 aliphatic rings. The lowest BCUT2D eigenvalue weighted by atomic mass is 10.1. The zero-order chi connectivity index (χ0) is 18.1. The van der Waals surface area contributed by atoms with E-state index in [1.165, 1.54) is 0 Å². The molecule has 0 atom stereocenters. The Kier molecular flexibility index (Phi) is 4.97. The highest BCUT2D eigenvalue weighted by molar-refractivity contribution is 6.42. The predicted molar refractivity (Wildman–Crippen MR) is 99.6 cm³/mol. The summed E-state index contributed by atoms with van der Waals surface area (Å²) in [7, 11) is 1.67. The Hall–Kier alpha value is -2.11. The molecule has 0 radical (unpaired) electrons. The summed E-state index contributed by atoms with van der Waals surface area (Å²) in [5, 5.41) is 5.49. The number of pyridine rings is 1. The third-order valence-electron chi connectivity index (χ3n) is 4.00. The van der Waals surface area contributed by atoms with Crippen LogP contribution in [-0.2, 0) is 6.54 Å². The summed E-state index contributed by atoms with van der Waals surface area (Å²) >= 11 is 12.2. The average Bonchev–Trinajstić information content (AvgIpc) is 2.94. The van der Waals surface area contributed by atoms with Gasteiger partial charge in [-0.05, 0) is 39.0 Å². The van der Waals surface area contributed by atoms with Crippen molar-refractivity contribution in [2.45, 2.75) is 27.3 Å². The van der Waals surface area contributed by atoms with Gasteiger partial charge in [0.15, 0.2) is 5.82 Å². The lowest BCUT2D eigenvalue weighted by Crippen LogP contribution is -2.09. The number of aromatic nitrogens is 4. The number of hydrogen-bond donors (Lipinski definition) is 0. The third kappa shape index (κ3) is 3.48. The number of ether oxygens (including phenoxy) is 1.